The number of alkyl halides is 4. The fraction of sp³-hybridized carbons (Fsp3) is 0.154. The van der Waals surface area contributed by atoms with Crippen LogP contribution in [0.5, 0.6) is 0 Å². The van der Waals surface area contributed by atoms with E-state index in [1.807, 2.05) is 0 Å². The van der Waals surface area contributed by atoms with Crippen molar-refractivity contribution < 1.29 is 9.59 Å². The van der Waals surface area contributed by atoms with Gasteiger partial charge in [-0.3, -0.25) is 14.4 Å². The Morgan fingerprint density at radius 1 is 0.857 bits per heavy atom. The minimum atomic E-state index is -2.41. The van der Waals surface area contributed by atoms with Gasteiger partial charge in [-0.1, -0.05) is 58.5 Å². The van der Waals surface area contributed by atoms with Gasteiger partial charge in [-0.05, 0) is 12.1 Å². The Hall–Kier alpha value is -0.650. The highest BCUT2D eigenvalue weighted by Crippen LogP contribution is 2.51. The molecule has 1 aliphatic rings. The zero-order valence-electron chi connectivity index (χ0n) is 9.95. The number of benzene rings is 1. The molecule has 2 aromatic rings. The topological polar surface area (TPSA) is 51.2 Å². The van der Waals surface area contributed by atoms with E-state index >= 15 is 0 Å². The lowest BCUT2D eigenvalue weighted by atomic mass is 9.93. The van der Waals surface area contributed by atoms with Crippen LogP contribution >= 0.6 is 57.7 Å². The summed E-state index contributed by atoms with van der Waals surface area (Å²) >= 11 is 24.4. The van der Waals surface area contributed by atoms with E-state index in [-0.39, 0.29) is 10.4 Å². The molecule has 0 saturated heterocycles. The van der Waals surface area contributed by atoms with Crippen LogP contribution in [0, 0.1) is 0 Å². The number of rotatable bonds is 0. The van der Waals surface area contributed by atoms with E-state index in [2.05, 4.69) is 0 Å². The molecule has 3 nitrogen and oxygen atoms in total. The molecule has 3 rings (SSSR count). The van der Waals surface area contributed by atoms with Gasteiger partial charge in [-0.2, -0.15) is 0 Å². The Morgan fingerprint density at radius 2 is 1.43 bits per heavy atom. The fourth-order valence-corrected chi connectivity index (χ4v) is 4.10. The molecule has 0 atom stereocenters. The predicted molar refractivity (Wildman–Crippen MR) is 85.6 cm³/mol. The Kier molecular flexibility index (Phi) is 3.39. The summed E-state index contributed by atoms with van der Waals surface area (Å²) in [5.41, 5.74) is -0.960. The summed E-state index contributed by atoms with van der Waals surface area (Å²) in [6.45, 7) is 0. The molecule has 0 unspecified atom stereocenters. The van der Waals surface area contributed by atoms with Gasteiger partial charge >= 0.3 is 0 Å². The van der Waals surface area contributed by atoms with Crippen molar-refractivity contribution in [2.75, 3.05) is 0 Å². The van der Waals surface area contributed by atoms with Crippen LogP contribution in [0.15, 0.2) is 29.1 Å². The van der Waals surface area contributed by atoms with Gasteiger partial charge in [0.25, 0.3) is 0 Å². The minimum absolute atomic E-state index is 0.120. The van der Waals surface area contributed by atoms with Gasteiger partial charge in [-0.25, -0.2) is 0 Å². The van der Waals surface area contributed by atoms with E-state index < -0.39 is 25.7 Å². The fourth-order valence-electron chi connectivity index (χ4n) is 2.09. The van der Waals surface area contributed by atoms with Gasteiger partial charge < -0.3 is 0 Å². The lowest BCUT2D eigenvalue weighted by Gasteiger charge is -2.34. The van der Waals surface area contributed by atoms with Crippen LogP contribution in [0.2, 0.25) is 0 Å². The second kappa shape index (κ2) is 4.67. The average molecular weight is 382 g/mol. The van der Waals surface area contributed by atoms with Gasteiger partial charge in [0.05, 0.1) is 10.4 Å². The van der Waals surface area contributed by atoms with Crippen molar-refractivity contribution >= 4 is 79.4 Å². The summed E-state index contributed by atoms with van der Waals surface area (Å²) in [7, 11) is 0. The standard InChI is InChI=1S/C13H4Cl4O3S/c14-12(15)10(19)7-8(18)5-3-1-2-4-6(5)21-9(7)11(20)13(12,16)17/h1-4H. The first-order valence-corrected chi connectivity index (χ1v) is 7.93. The van der Waals surface area contributed by atoms with Crippen molar-refractivity contribution in [3.8, 4) is 0 Å². The number of fused-ring (bicyclic) bond motifs is 2. The van der Waals surface area contributed by atoms with E-state index in [0.717, 1.165) is 11.3 Å². The van der Waals surface area contributed by atoms with Crippen molar-refractivity contribution in [3.05, 3.63) is 44.9 Å². The first-order valence-electron chi connectivity index (χ1n) is 5.60. The monoisotopic (exact) mass is 380 g/mol. The molecule has 0 N–H and O–H groups in total. The SMILES string of the molecule is O=C1c2sc3ccccc3c(=O)c2C(=O)C(Cl)(Cl)C1(Cl)Cl. The zero-order valence-corrected chi connectivity index (χ0v) is 13.8. The normalized spacial score (nSPS) is 19.6. The third-order valence-corrected chi connectivity index (χ3v) is 6.57. The van der Waals surface area contributed by atoms with Crippen LogP contribution in [0.1, 0.15) is 20.0 Å². The van der Waals surface area contributed by atoms with Crippen molar-refractivity contribution in [1.82, 2.24) is 0 Å². The number of hydrogen-bond acceptors (Lipinski definition) is 4. The lowest BCUT2D eigenvalue weighted by molar-refractivity contribution is 0.0871. The number of halogens is 4. The highest BCUT2D eigenvalue weighted by molar-refractivity contribution is 7.21. The molecule has 0 saturated carbocycles. The second-order valence-electron chi connectivity index (χ2n) is 4.44. The molecule has 0 fully saturated rings. The minimum Gasteiger partial charge on any atom is -0.290 e. The second-order valence-corrected chi connectivity index (χ2v) is 8.15. The number of carbonyl (C=O) groups excluding carboxylic acids is 2. The first-order chi connectivity index (χ1) is 9.69. The van der Waals surface area contributed by atoms with Crippen molar-refractivity contribution in [1.29, 1.82) is 0 Å². The number of Topliss-reactive ketones (excluding diaryl/α,β-unsaturated/α-hetero) is 2. The van der Waals surface area contributed by atoms with Gasteiger partial charge in [0.15, 0.2) is 5.43 Å². The molecule has 1 aromatic heterocycles. The number of hydrogen-bond donors (Lipinski definition) is 0. The third kappa shape index (κ3) is 1.90. The highest BCUT2D eigenvalue weighted by Gasteiger charge is 2.63. The molecule has 0 aliphatic heterocycles. The van der Waals surface area contributed by atoms with Gasteiger partial charge in [0.2, 0.25) is 20.2 Å². The third-order valence-electron chi connectivity index (χ3n) is 3.20. The molecule has 0 amide bonds. The first kappa shape index (κ1) is 15.3. The van der Waals surface area contributed by atoms with E-state index in [4.69, 9.17) is 46.4 Å². The van der Waals surface area contributed by atoms with Crippen LogP contribution < -0.4 is 5.43 Å². The molecule has 1 aliphatic carbocycles. The summed E-state index contributed by atoms with van der Waals surface area (Å²) in [5, 5.41) is 0.308. The molecule has 0 bridgehead atoms. The number of carbonyl (C=O) groups is 2. The molecule has 1 heterocycles. The maximum atomic E-state index is 12.5. The molecular weight excluding hydrogens is 378 g/mol. The van der Waals surface area contributed by atoms with E-state index in [9.17, 15) is 14.4 Å². The largest absolute Gasteiger partial charge is 0.290 e. The van der Waals surface area contributed by atoms with Gasteiger partial charge in [-0.15, -0.1) is 11.3 Å². The number of ketones is 2. The van der Waals surface area contributed by atoms with Crippen LogP contribution in [0.4, 0.5) is 0 Å². The van der Waals surface area contributed by atoms with E-state index in [1.54, 1.807) is 24.3 Å². The molecule has 108 valence electrons. The Balaban J connectivity index is 2.49. The molecule has 0 radical (unpaired) electrons. The Bertz CT molecular complexity index is 869. The summed E-state index contributed by atoms with van der Waals surface area (Å²) in [6, 6.07) is 6.58. The Labute approximate surface area is 142 Å². The molecule has 0 spiro atoms. The quantitative estimate of drug-likeness (QED) is 0.648. The van der Waals surface area contributed by atoms with Gasteiger partial charge in [0, 0.05) is 10.1 Å². The van der Waals surface area contributed by atoms with Crippen LogP contribution in [-0.4, -0.2) is 20.2 Å². The Morgan fingerprint density at radius 3 is 2.10 bits per heavy atom. The summed E-state index contributed by atoms with van der Waals surface area (Å²) in [5.74, 6) is -1.81. The van der Waals surface area contributed by atoms with E-state index in [1.165, 1.54) is 0 Å². The van der Waals surface area contributed by atoms with Crippen LogP contribution in [0.3, 0.4) is 0 Å². The predicted octanol–water partition coefficient (Wildman–Crippen LogP) is 3.99. The highest BCUT2D eigenvalue weighted by atomic mass is 35.5. The summed E-state index contributed by atoms with van der Waals surface area (Å²) in [4.78, 5) is 37.1. The van der Waals surface area contributed by atoms with Crippen molar-refractivity contribution in [2.24, 2.45) is 0 Å². The lowest BCUT2D eigenvalue weighted by Crippen LogP contribution is -2.54. The summed E-state index contributed by atoms with van der Waals surface area (Å²) < 4.78 is -4.21. The average Bonchev–Trinajstić information content (AvgIpc) is 2.44. The van der Waals surface area contributed by atoms with Gasteiger partial charge in [0.1, 0.15) is 0 Å². The molecule has 1 aromatic carbocycles. The van der Waals surface area contributed by atoms with Crippen LogP contribution in [-0.2, 0) is 0 Å². The van der Waals surface area contributed by atoms with E-state index in [0.29, 0.717) is 10.1 Å². The smallest absolute Gasteiger partial charge is 0.221 e. The molecule has 21 heavy (non-hydrogen) atoms. The van der Waals surface area contributed by atoms with Crippen LogP contribution in [0.25, 0.3) is 10.1 Å². The zero-order chi connectivity index (χ0) is 15.6. The maximum absolute atomic E-state index is 12.5. The van der Waals surface area contributed by atoms with Crippen molar-refractivity contribution in [2.45, 2.75) is 8.67 Å². The molecule has 8 heteroatoms. The molecular formula is C13H4Cl4O3S. The van der Waals surface area contributed by atoms with Crippen molar-refractivity contribution in [3.63, 3.8) is 0 Å². The maximum Gasteiger partial charge on any atom is 0.221 e. The summed E-state index contributed by atoms with van der Waals surface area (Å²) in [6.07, 6.45) is 0.